The molecule has 1 aromatic carbocycles. The molecular weight excluding hydrogens is 228 g/mol. The van der Waals surface area contributed by atoms with Crippen LogP contribution in [0, 0.1) is 11.3 Å². The molecule has 1 atom stereocenters. The van der Waals surface area contributed by atoms with Crippen LogP contribution in [0.4, 0.5) is 8.78 Å². The van der Waals surface area contributed by atoms with Gasteiger partial charge in [0.2, 0.25) is 0 Å². The number of aliphatic hydroxyl groups is 1. The van der Waals surface area contributed by atoms with Crippen molar-refractivity contribution in [2.75, 3.05) is 13.2 Å². The van der Waals surface area contributed by atoms with E-state index in [-0.39, 0.29) is 18.8 Å². The molecule has 0 aliphatic rings. The molecule has 0 saturated carbocycles. The molecule has 0 aliphatic heterocycles. The minimum absolute atomic E-state index is 0.0114. The first-order chi connectivity index (χ1) is 8.19. The Labute approximate surface area is 98.3 Å². The molecule has 0 amide bonds. The van der Waals surface area contributed by atoms with Crippen molar-refractivity contribution in [3.05, 3.63) is 35.4 Å². The van der Waals surface area contributed by atoms with Crippen molar-refractivity contribution in [1.29, 1.82) is 5.26 Å². The molecule has 1 rings (SSSR count). The number of rotatable bonds is 6. The zero-order chi connectivity index (χ0) is 12.7. The average molecular weight is 241 g/mol. The maximum absolute atomic E-state index is 12.3. The van der Waals surface area contributed by atoms with Gasteiger partial charge in [-0.2, -0.15) is 5.26 Å². The third kappa shape index (κ3) is 4.10. The number of halogens is 2. The van der Waals surface area contributed by atoms with Crippen molar-refractivity contribution in [1.82, 2.24) is 0 Å². The van der Waals surface area contributed by atoms with Gasteiger partial charge in [-0.25, -0.2) is 8.78 Å². The second kappa shape index (κ2) is 6.94. The summed E-state index contributed by atoms with van der Waals surface area (Å²) in [5.41, 5.74) is 0.454. The predicted octanol–water partition coefficient (Wildman–Crippen LogP) is 2.59. The third-order valence-electron chi connectivity index (χ3n) is 2.20. The van der Waals surface area contributed by atoms with Crippen molar-refractivity contribution in [2.24, 2.45) is 0 Å². The van der Waals surface area contributed by atoms with Gasteiger partial charge >= 0.3 is 0 Å². The van der Waals surface area contributed by atoms with E-state index < -0.39 is 12.5 Å². The van der Waals surface area contributed by atoms with Crippen LogP contribution in [-0.2, 0) is 4.74 Å². The topological polar surface area (TPSA) is 53.2 Å². The summed E-state index contributed by atoms with van der Waals surface area (Å²) in [6.07, 6.45) is -2.86. The summed E-state index contributed by atoms with van der Waals surface area (Å²) in [6.45, 7) is 0.244. The molecule has 1 N–H and O–H groups in total. The highest BCUT2D eigenvalue weighted by Crippen LogP contribution is 2.22. The van der Waals surface area contributed by atoms with E-state index in [2.05, 4.69) is 0 Å². The summed E-state index contributed by atoms with van der Waals surface area (Å²) in [5, 5.41) is 17.4. The highest BCUT2D eigenvalue weighted by atomic mass is 19.3. The third-order valence-corrected chi connectivity index (χ3v) is 2.20. The maximum atomic E-state index is 12.3. The molecule has 0 aromatic heterocycles. The molecule has 5 heteroatoms. The molecule has 1 unspecified atom stereocenters. The van der Waals surface area contributed by atoms with Crippen LogP contribution in [-0.4, -0.2) is 18.3 Å². The highest BCUT2D eigenvalue weighted by molar-refractivity contribution is 5.27. The standard InChI is InChI=1S/C12H13F2NO2/c13-12(14)10-4-2-9(3-5-10)11(8-15)17-7-1-6-16/h2-5,11-12,16H,1,6-7H2. The van der Waals surface area contributed by atoms with E-state index in [0.717, 1.165) is 0 Å². The fourth-order valence-electron chi connectivity index (χ4n) is 1.29. The second-order valence-electron chi connectivity index (χ2n) is 3.42. The predicted molar refractivity (Wildman–Crippen MR) is 57.4 cm³/mol. The van der Waals surface area contributed by atoms with Crippen LogP contribution in [0.3, 0.4) is 0 Å². The lowest BCUT2D eigenvalue weighted by molar-refractivity contribution is 0.0773. The zero-order valence-electron chi connectivity index (χ0n) is 9.14. The minimum Gasteiger partial charge on any atom is -0.396 e. The van der Waals surface area contributed by atoms with Crippen LogP contribution in [0.5, 0.6) is 0 Å². The number of aliphatic hydroxyl groups excluding tert-OH is 1. The van der Waals surface area contributed by atoms with E-state index >= 15 is 0 Å². The first-order valence-electron chi connectivity index (χ1n) is 5.19. The number of hydrogen-bond donors (Lipinski definition) is 1. The van der Waals surface area contributed by atoms with Crippen molar-refractivity contribution >= 4 is 0 Å². The molecule has 0 spiro atoms. The van der Waals surface area contributed by atoms with Gasteiger partial charge in [-0.15, -0.1) is 0 Å². The molecule has 17 heavy (non-hydrogen) atoms. The van der Waals surface area contributed by atoms with Gasteiger partial charge in [0.05, 0.1) is 12.7 Å². The van der Waals surface area contributed by atoms with E-state index in [0.29, 0.717) is 12.0 Å². The van der Waals surface area contributed by atoms with Crippen LogP contribution in [0.1, 0.15) is 30.1 Å². The zero-order valence-corrected chi connectivity index (χ0v) is 9.14. The van der Waals surface area contributed by atoms with Gasteiger partial charge < -0.3 is 9.84 Å². The number of ether oxygens (including phenoxy) is 1. The average Bonchev–Trinajstić information content (AvgIpc) is 2.35. The van der Waals surface area contributed by atoms with Crippen molar-refractivity contribution < 1.29 is 18.6 Å². The summed E-state index contributed by atoms with van der Waals surface area (Å²) in [4.78, 5) is 0. The van der Waals surface area contributed by atoms with Crippen molar-refractivity contribution in [3.63, 3.8) is 0 Å². The van der Waals surface area contributed by atoms with E-state index in [4.69, 9.17) is 15.1 Å². The summed E-state index contributed by atoms with van der Waals surface area (Å²) in [7, 11) is 0. The second-order valence-corrected chi connectivity index (χ2v) is 3.42. The van der Waals surface area contributed by atoms with Crippen molar-refractivity contribution in [2.45, 2.75) is 19.0 Å². The molecule has 0 fully saturated rings. The lowest BCUT2D eigenvalue weighted by atomic mass is 10.1. The largest absolute Gasteiger partial charge is 0.396 e. The van der Waals surface area contributed by atoms with Crippen LogP contribution >= 0.6 is 0 Å². The highest BCUT2D eigenvalue weighted by Gasteiger charge is 2.12. The van der Waals surface area contributed by atoms with Gasteiger partial charge in [0.25, 0.3) is 6.43 Å². The van der Waals surface area contributed by atoms with Crippen LogP contribution < -0.4 is 0 Å². The van der Waals surface area contributed by atoms with Crippen LogP contribution in [0.25, 0.3) is 0 Å². The Kier molecular flexibility index (Phi) is 5.53. The molecule has 3 nitrogen and oxygen atoms in total. The summed E-state index contributed by atoms with van der Waals surface area (Å²) < 4.78 is 29.8. The number of hydrogen-bond acceptors (Lipinski definition) is 3. The number of alkyl halides is 2. The van der Waals surface area contributed by atoms with Gasteiger partial charge in [-0.1, -0.05) is 24.3 Å². The normalized spacial score (nSPS) is 12.4. The van der Waals surface area contributed by atoms with Crippen molar-refractivity contribution in [3.8, 4) is 6.07 Å². The molecular formula is C12H13F2NO2. The Morgan fingerprint density at radius 2 is 1.82 bits per heavy atom. The van der Waals surface area contributed by atoms with Gasteiger partial charge in [0, 0.05) is 12.2 Å². The summed E-state index contributed by atoms with van der Waals surface area (Å²) in [6, 6.07) is 7.40. The van der Waals surface area contributed by atoms with Gasteiger partial charge in [0.15, 0.2) is 6.10 Å². The van der Waals surface area contributed by atoms with Gasteiger partial charge in [-0.05, 0) is 12.0 Å². The fourth-order valence-corrected chi connectivity index (χ4v) is 1.29. The van der Waals surface area contributed by atoms with Crippen LogP contribution in [0.15, 0.2) is 24.3 Å². The van der Waals surface area contributed by atoms with Crippen LogP contribution in [0.2, 0.25) is 0 Å². The Balaban J connectivity index is 2.66. The van der Waals surface area contributed by atoms with E-state index in [9.17, 15) is 8.78 Å². The first kappa shape index (κ1) is 13.6. The molecule has 0 saturated heterocycles. The Hall–Kier alpha value is -1.51. The Bertz CT molecular complexity index is 373. The number of benzene rings is 1. The van der Waals surface area contributed by atoms with Gasteiger partial charge in [0.1, 0.15) is 0 Å². The SMILES string of the molecule is N#CC(OCCCO)c1ccc(C(F)F)cc1. The quantitative estimate of drug-likeness (QED) is 0.779. The molecule has 0 heterocycles. The van der Waals surface area contributed by atoms with E-state index in [1.54, 1.807) is 0 Å². The first-order valence-corrected chi connectivity index (χ1v) is 5.19. The van der Waals surface area contributed by atoms with E-state index in [1.807, 2.05) is 6.07 Å². The lowest BCUT2D eigenvalue weighted by Gasteiger charge is -2.11. The molecule has 1 aromatic rings. The van der Waals surface area contributed by atoms with E-state index in [1.165, 1.54) is 24.3 Å². The van der Waals surface area contributed by atoms with Gasteiger partial charge in [-0.3, -0.25) is 0 Å². The summed E-state index contributed by atoms with van der Waals surface area (Å²) in [5.74, 6) is 0. The smallest absolute Gasteiger partial charge is 0.263 e. The number of nitrogens with zero attached hydrogens (tertiary/aromatic N) is 1. The number of nitriles is 1. The molecule has 0 bridgehead atoms. The Morgan fingerprint density at radius 1 is 1.24 bits per heavy atom. The summed E-state index contributed by atoms with van der Waals surface area (Å²) >= 11 is 0. The lowest BCUT2D eigenvalue weighted by Crippen LogP contribution is -2.04. The molecule has 0 radical (unpaired) electrons. The molecule has 92 valence electrons. The minimum atomic E-state index is -2.51. The maximum Gasteiger partial charge on any atom is 0.263 e. The monoisotopic (exact) mass is 241 g/mol. The fraction of sp³-hybridized carbons (Fsp3) is 0.417. The molecule has 0 aliphatic carbocycles. The Morgan fingerprint density at radius 3 is 2.29 bits per heavy atom.